The van der Waals surface area contributed by atoms with Crippen molar-refractivity contribution in [2.24, 2.45) is 0 Å². The van der Waals surface area contributed by atoms with Crippen molar-refractivity contribution in [2.75, 3.05) is 27.4 Å². The van der Waals surface area contributed by atoms with E-state index in [1.54, 1.807) is 43.4 Å². The second-order valence-corrected chi connectivity index (χ2v) is 6.11. The standard InChI is InChI=1S/C21H23N3O5/c1-4-24(20(25)14-28-18-11-9-17(27-3)10-12-18)13-19-22-21(23-29-19)15-5-7-16(26-2)8-6-15/h5-12H,4,13-14H2,1-3H3. The molecule has 0 aliphatic carbocycles. The van der Waals surface area contributed by atoms with E-state index in [4.69, 9.17) is 18.7 Å². The monoisotopic (exact) mass is 397 g/mol. The molecule has 0 bridgehead atoms. The van der Waals surface area contributed by atoms with Gasteiger partial charge in [-0.2, -0.15) is 4.98 Å². The first-order valence-corrected chi connectivity index (χ1v) is 9.14. The van der Waals surface area contributed by atoms with Gasteiger partial charge in [-0.3, -0.25) is 4.79 Å². The molecule has 0 fully saturated rings. The Bertz CT molecular complexity index is 922. The summed E-state index contributed by atoms with van der Waals surface area (Å²) in [6.07, 6.45) is 0. The average Bonchev–Trinajstić information content (AvgIpc) is 3.25. The number of rotatable bonds is 9. The summed E-state index contributed by atoms with van der Waals surface area (Å²) in [4.78, 5) is 18.5. The van der Waals surface area contributed by atoms with Crippen LogP contribution >= 0.6 is 0 Å². The molecule has 0 spiro atoms. The minimum absolute atomic E-state index is 0.0837. The van der Waals surface area contributed by atoms with Gasteiger partial charge in [-0.25, -0.2) is 0 Å². The second kappa shape index (κ2) is 9.59. The quantitative estimate of drug-likeness (QED) is 0.548. The van der Waals surface area contributed by atoms with Crippen molar-refractivity contribution in [1.82, 2.24) is 15.0 Å². The fourth-order valence-electron chi connectivity index (χ4n) is 2.62. The van der Waals surface area contributed by atoms with Crippen LogP contribution in [0.1, 0.15) is 12.8 Å². The number of methoxy groups -OCH3 is 2. The summed E-state index contributed by atoms with van der Waals surface area (Å²) in [7, 11) is 3.20. The third-order valence-corrected chi connectivity index (χ3v) is 4.30. The van der Waals surface area contributed by atoms with E-state index in [0.29, 0.717) is 24.0 Å². The third kappa shape index (κ3) is 5.25. The van der Waals surface area contributed by atoms with Gasteiger partial charge in [-0.15, -0.1) is 0 Å². The topological polar surface area (TPSA) is 86.9 Å². The molecule has 29 heavy (non-hydrogen) atoms. The van der Waals surface area contributed by atoms with E-state index in [9.17, 15) is 4.79 Å². The molecule has 2 aromatic carbocycles. The number of hydrogen-bond acceptors (Lipinski definition) is 7. The zero-order valence-electron chi connectivity index (χ0n) is 16.6. The number of nitrogens with zero attached hydrogens (tertiary/aromatic N) is 3. The van der Waals surface area contributed by atoms with E-state index in [1.165, 1.54) is 0 Å². The molecule has 3 aromatic rings. The first-order chi connectivity index (χ1) is 14.1. The van der Waals surface area contributed by atoms with E-state index in [2.05, 4.69) is 10.1 Å². The fraction of sp³-hybridized carbons (Fsp3) is 0.286. The van der Waals surface area contributed by atoms with Crippen LogP contribution < -0.4 is 14.2 Å². The molecule has 1 heterocycles. The molecule has 0 saturated heterocycles. The maximum atomic E-state index is 12.5. The van der Waals surface area contributed by atoms with E-state index < -0.39 is 0 Å². The zero-order valence-corrected chi connectivity index (χ0v) is 16.6. The van der Waals surface area contributed by atoms with Crippen molar-refractivity contribution >= 4 is 5.91 Å². The van der Waals surface area contributed by atoms with Crippen LogP contribution in [-0.2, 0) is 11.3 Å². The number of carbonyl (C=O) groups is 1. The van der Waals surface area contributed by atoms with Crippen LogP contribution in [0, 0.1) is 0 Å². The summed E-state index contributed by atoms with van der Waals surface area (Å²) >= 11 is 0. The van der Waals surface area contributed by atoms with Crippen LogP contribution in [0.4, 0.5) is 0 Å². The molecule has 0 aliphatic rings. The summed E-state index contributed by atoms with van der Waals surface area (Å²) in [6.45, 7) is 2.50. The van der Waals surface area contributed by atoms with Gasteiger partial charge in [0.2, 0.25) is 11.7 Å². The summed E-state index contributed by atoms with van der Waals surface area (Å²) in [5.74, 6) is 2.71. The molecule has 0 saturated carbocycles. The summed E-state index contributed by atoms with van der Waals surface area (Å²) in [5.41, 5.74) is 0.804. The molecule has 3 rings (SSSR count). The lowest BCUT2D eigenvalue weighted by atomic mass is 10.2. The Morgan fingerprint density at radius 2 is 1.55 bits per heavy atom. The van der Waals surface area contributed by atoms with Gasteiger partial charge in [0.1, 0.15) is 23.8 Å². The van der Waals surface area contributed by atoms with Crippen LogP contribution in [0.3, 0.4) is 0 Å². The van der Waals surface area contributed by atoms with E-state index in [-0.39, 0.29) is 19.1 Å². The number of benzene rings is 2. The Hall–Kier alpha value is -3.55. The first-order valence-electron chi connectivity index (χ1n) is 9.14. The highest BCUT2D eigenvalue weighted by molar-refractivity contribution is 5.77. The van der Waals surface area contributed by atoms with E-state index in [1.807, 2.05) is 31.2 Å². The van der Waals surface area contributed by atoms with Crippen LogP contribution in [0.2, 0.25) is 0 Å². The number of likely N-dealkylation sites (N-methyl/N-ethyl adjacent to an activating group) is 1. The molecule has 1 aromatic heterocycles. The Morgan fingerprint density at radius 3 is 2.14 bits per heavy atom. The highest BCUT2D eigenvalue weighted by Crippen LogP contribution is 2.20. The number of aromatic nitrogens is 2. The van der Waals surface area contributed by atoms with Crippen molar-refractivity contribution in [1.29, 1.82) is 0 Å². The van der Waals surface area contributed by atoms with Gasteiger partial charge in [0, 0.05) is 12.1 Å². The van der Waals surface area contributed by atoms with Crippen LogP contribution in [-0.4, -0.2) is 48.3 Å². The molecule has 8 nitrogen and oxygen atoms in total. The minimum atomic E-state index is -0.174. The predicted octanol–water partition coefficient (Wildman–Crippen LogP) is 3.18. The molecule has 8 heteroatoms. The Morgan fingerprint density at radius 1 is 0.966 bits per heavy atom. The van der Waals surface area contributed by atoms with Crippen molar-refractivity contribution < 1.29 is 23.5 Å². The van der Waals surface area contributed by atoms with Gasteiger partial charge in [0.15, 0.2) is 6.61 Å². The molecule has 0 unspecified atom stereocenters. The lowest BCUT2D eigenvalue weighted by molar-refractivity contribution is -0.134. The lowest BCUT2D eigenvalue weighted by Gasteiger charge is -2.19. The molecule has 0 N–H and O–H groups in total. The van der Waals surface area contributed by atoms with Gasteiger partial charge in [0.25, 0.3) is 5.91 Å². The molecular formula is C21H23N3O5. The second-order valence-electron chi connectivity index (χ2n) is 6.11. The maximum absolute atomic E-state index is 12.5. The molecule has 0 atom stereocenters. The van der Waals surface area contributed by atoms with Crippen LogP contribution in [0.25, 0.3) is 11.4 Å². The first kappa shape index (κ1) is 20.2. The van der Waals surface area contributed by atoms with Crippen molar-refractivity contribution in [3.8, 4) is 28.6 Å². The number of carbonyl (C=O) groups excluding carboxylic acids is 1. The fourth-order valence-corrected chi connectivity index (χ4v) is 2.62. The maximum Gasteiger partial charge on any atom is 0.260 e. The SMILES string of the molecule is CCN(Cc1nc(-c2ccc(OC)cc2)no1)C(=O)COc1ccc(OC)cc1. The number of amides is 1. The summed E-state index contributed by atoms with van der Waals surface area (Å²) in [5, 5.41) is 3.99. The normalized spacial score (nSPS) is 10.4. The molecule has 0 radical (unpaired) electrons. The molecular weight excluding hydrogens is 374 g/mol. The lowest BCUT2D eigenvalue weighted by Crippen LogP contribution is -2.34. The highest BCUT2D eigenvalue weighted by Gasteiger charge is 2.17. The largest absolute Gasteiger partial charge is 0.497 e. The van der Waals surface area contributed by atoms with Crippen LogP contribution in [0.5, 0.6) is 17.2 Å². The Balaban J connectivity index is 1.58. The molecule has 152 valence electrons. The summed E-state index contributed by atoms with van der Waals surface area (Å²) in [6, 6.07) is 14.4. The smallest absolute Gasteiger partial charge is 0.260 e. The zero-order chi connectivity index (χ0) is 20.6. The van der Waals surface area contributed by atoms with E-state index in [0.717, 1.165) is 17.1 Å². The molecule has 1 amide bonds. The van der Waals surface area contributed by atoms with Crippen LogP contribution in [0.15, 0.2) is 53.1 Å². The molecule has 0 aliphatic heterocycles. The Kier molecular flexibility index (Phi) is 6.67. The predicted molar refractivity (Wildman–Crippen MR) is 106 cm³/mol. The number of ether oxygens (including phenoxy) is 3. The van der Waals surface area contributed by atoms with Gasteiger partial charge in [-0.05, 0) is 55.5 Å². The minimum Gasteiger partial charge on any atom is -0.497 e. The van der Waals surface area contributed by atoms with Gasteiger partial charge in [-0.1, -0.05) is 5.16 Å². The van der Waals surface area contributed by atoms with Crippen molar-refractivity contribution in [2.45, 2.75) is 13.5 Å². The van der Waals surface area contributed by atoms with Gasteiger partial charge < -0.3 is 23.6 Å². The van der Waals surface area contributed by atoms with E-state index >= 15 is 0 Å². The highest BCUT2D eigenvalue weighted by atomic mass is 16.5. The van der Waals surface area contributed by atoms with Crippen molar-refractivity contribution in [3.63, 3.8) is 0 Å². The van der Waals surface area contributed by atoms with Gasteiger partial charge in [0.05, 0.1) is 14.2 Å². The van der Waals surface area contributed by atoms with Crippen molar-refractivity contribution in [3.05, 3.63) is 54.4 Å². The Labute approximate surface area is 169 Å². The number of hydrogen-bond donors (Lipinski definition) is 0. The van der Waals surface area contributed by atoms with Gasteiger partial charge >= 0.3 is 0 Å². The summed E-state index contributed by atoms with van der Waals surface area (Å²) < 4.78 is 21.1. The third-order valence-electron chi connectivity index (χ3n) is 4.30. The average molecular weight is 397 g/mol.